The summed E-state index contributed by atoms with van der Waals surface area (Å²) in [6.07, 6.45) is 1.39. The fraction of sp³-hybridized carbons (Fsp3) is 0.917. The summed E-state index contributed by atoms with van der Waals surface area (Å²) in [5.41, 5.74) is -0.142. The van der Waals surface area contributed by atoms with E-state index < -0.39 is 5.97 Å². The van der Waals surface area contributed by atoms with Crippen LogP contribution in [-0.2, 0) is 4.79 Å². The van der Waals surface area contributed by atoms with Gasteiger partial charge in [0.15, 0.2) is 0 Å². The zero-order chi connectivity index (χ0) is 12.5. The largest absolute Gasteiger partial charge is 0.481 e. The molecule has 1 atom stereocenters. The fourth-order valence-electron chi connectivity index (χ4n) is 3.20. The van der Waals surface area contributed by atoms with Gasteiger partial charge in [-0.1, -0.05) is 0 Å². The SMILES string of the molecule is CC1CN(C)CCCN1C1(CC(=O)O)CNC1. The summed E-state index contributed by atoms with van der Waals surface area (Å²) in [5.74, 6) is -0.684. The number of hydrogen-bond donors (Lipinski definition) is 2. The fourth-order valence-corrected chi connectivity index (χ4v) is 3.20. The van der Waals surface area contributed by atoms with Gasteiger partial charge >= 0.3 is 5.97 Å². The lowest BCUT2D eigenvalue weighted by atomic mass is 9.85. The van der Waals surface area contributed by atoms with E-state index in [1.165, 1.54) is 0 Å². The Labute approximate surface area is 103 Å². The van der Waals surface area contributed by atoms with Gasteiger partial charge in [-0.2, -0.15) is 0 Å². The smallest absolute Gasteiger partial charge is 0.305 e. The summed E-state index contributed by atoms with van der Waals surface area (Å²) < 4.78 is 0. The molecule has 0 radical (unpaired) electrons. The third-order valence-electron chi connectivity index (χ3n) is 4.04. The normalized spacial score (nSPS) is 30.6. The van der Waals surface area contributed by atoms with E-state index in [0.717, 1.165) is 39.1 Å². The van der Waals surface area contributed by atoms with Gasteiger partial charge in [-0.15, -0.1) is 0 Å². The van der Waals surface area contributed by atoms with Crippen molar-refractivity contribution in [3.63, 3.8) is 0 Å². The third kappa shape index (κ3) is 2.61. The van der Waals surface area contributed by atoms with Crippen molar-refractivity contribution in [2.75, 3.05) is 39.8 Å². The van der Waals surface area contributed by atoms with E-state index in [-0.39, 0.29) is 12.0 Å². The minimum atomic E-state index is -0.684. The van der Waals surface area contributed by atoms with E-state index in [0.29, 0.717) is 6.04 Å². The summed E-state index contributed by atoms with van der Waals surface area (Å²) in [6.45, 7) is 6.99. The Morgan fingerprint density at radius 2 is 2.18 bits per heavy atom. The Morgan fingerprint density at radius 3 is 2.71 bits per heavy atom. The van der Waals surface area contributed by atoms with Crippen LogP contribution < -0.4 is 5.32 Å². The first-order valence-corrected chi connectivity index (χ1v) is 6.41. The highest BCUT2D eigenvalue weighted by molar-refractivity contribution is 5.69. The van der Waals surface area contributed by atoms with E-state index in [4.69, 9.17) is 5.11 Å². The van der Waals surface area contributed by atoms with Crippen molar-refractivity contribution in [1.82, 2.24) is 15.1 Å². The summed E-state index contributed by atoms with van der Waals surface area (Å²) >= 11 is 0. The second kappa shape index (κ2) is 4.92. The van der Waals surface area contributed by atoms with Crippen LogP contribution in [0.2, 0.25) is 0 Å². The molecular weight excluding hydrogens is 218 g/mol. The molecule has 2 N–H and O–H groups in total. The minimum Gasteiger partial charge on any atom is -0.481 e. The molecule has 2 heterocycles. The highest BCUT2D eigenvalue weighted by Gasteiger charge is 2.46. The molecule has 5 heteroatoms. The molecule has 0 aliphatic carbocycles. The second-order valence-corrected chi connectivity index (χ2v) is 5.56. The highest BCUT2D eigenvalue weighted by Crippen LogP contribution is 2.28. The van der Waals surface area contributed by atoms with Crippen LogP contribution in [0.25, 0.3) is 0 Å². The predicted molar refractivity (Wildman–Crippen MR) is 66.1 cm³/mol. The molecule has 0 aromatic carbocycles. The van der Waals surface area contributed by atoms with Gasteiger partial charge in [0.25, 0.3) is 0 Å². The number of carboxylic acid groups (broad SMARTS) is 1. The lowest BCUT2D eigenvalue weighted by molar-refractivity contribution is -0.142. The molecular formula is C12H23N3O2. The van der Waals surface area contributed by atoms with Crippen molar-refractivity contribution in [1.29, 1.82) is 0 Å². The van der Waals surface area contributed by atoms with Gasteiger partial charge in [0.1, 0.15) is 0 Å². The number of likely N-dealkylation sites (N-methyl/N-ethyl adjacent to an activating group) is 1. The average molecular weight is 241 g/mol. The van der Waals surface area contributed by atoms with Gasteiger partial charge in [-0.05, 0) is 26.9 Å². The van der Waals surface area contributed by atoms with Crippen molar-refractivity contribution >= 4 is 5.97 Å². The molecule has 0 aromatic rings. The number of rotatable bonds is 3. The molecule has 2 fully saturated rings. The van der Waals surface area contributed by atoms with Crippen molar-refractivity contribution in [3.8, 4) is 0 Å². The molecule has 2 aliphatic rings. The number of nitrogens with one attached hydrogen (secondary N) is 1. The molecule has 2 saturated heterocycles. The summed E-state index contributed by atoms with van der Waals surface area (Å²) in [7, 11) is 2.14. The van der Waals surface area contributed by atoms with E-state index in [1.807, 2.05) is 0 Å². The van der Waals surface area contributed by atoms with Gasteiger partial charge in [0.05, 0.1) is 12.0 Å². The lowest BCUT2D eigenvalue weighted by Crippen LogP contribution is -2.71. The first-order valence-electron chi connectivity index (χ1n) is 6.41. The van der Waals surface area contributed by atoms with Gasteiger partial charge < -0.3 is 15.3 Å². The number of nitrogens with zero attached hydrogens (tertiary/aromatic N) is 2. The lowest BCUT2D eigenvalue weighted by Gasteiger charge is -2.52. The topological polar surface area (TPSA) is 55.8 Å². The molecule has 0 saturated carbocycles. The van der Waals surface area contributed by atoms with Gasteiger partial charge in [-0.25, -0.2) is 0 Å². The molecule has 0 amide bonds. The molecule has 2 aliphatic heterocycles. The third-order valence-corrected chi connectivity index (χ3v) is 4.04. The number of aliphatic carboxylic acids is 1. The van der Waals surface area contributed by atoms with E-state index in [9.17, 15) is 4.79 Å². The molecule has 0 bridgehead atoms. The van der Waals surface area contributed by atoms with Crippen LogP contribution >= 0.6 is 0 Å². The molecule has 0 spiro atoms. The number of carboxylic acids is 1. The highest BCUT2D eigenvalue weighted by atomic mass is 16.4. The van der Waals surface area contributed by atoms with Gasteiger partial charge in [-0.3, -0.25) is 9.69 Å². The quantitative estimate of drug-likeness (QED) is 0.718. The second-order valence-electron chi connectivity index (χ2n) is 5.56. The maximum atomic E-state index is 11.0. The predicted octanol–water partition coefficient (Wildman–Crippen LogP) is -0.171. The van der Waals surface area contributed by atoms with E-state index in [2.05, 4.69) is 29.1 Å². The maximum absolute atomic E-state index is 11.0. The maximum Gasteiger partial charge on any atom is 0.305 e. The van der Waals surface area contributed by atoms with Crippen LogP contribution in [0, 0.1) is 0 Å². The Balaban J connectivity index is 2.09. The Kier molecular flexibility index (Phi) is 3.70. The molecule has 98 valence electrons. The molecule has 2 rings (SSSR count). The Hall–Kier alpha value is -0.650. The van der Waals surface area contributed by atoms with E-state index in [1.54, 1.807) is 0 Å². The monoisotopic (exact) mass is 241 g/mol. The summed E-state index contributed by atoms with van der Waals surface area (Å²) in [5, 5.41) is 12.3. The number of carbonyl (C=O) groups is 1. The molecule has 5 nitrogen and oxygen atoms in total. The Bertz CT molecular complexity index is 291. The Morgan fingerprint density at radius 1 is 1.47 bits per heavy atom. The summed E-state index contributed by atoms with van der Waals surface area (Å²) in [4.78, 5) is 15.8. The standard InChI is InChI=1S/C12H23N3O2/c1-10-7-14(2)4-3-5-15(10)12(6-11(16)17)8-13-9-12/h10,13H,3-9H2,1-2H3,(H,16,17). The van der Waals surface area contributed by atoms with Gasteiger partial charge in [0.2, 0.25) is 0 Å². The van der Waals surface area contributed by atoms with Crippen LogP contribution in [0.1, 0.15) is 19.8 Å². The molecule has 17 heavy (non-hydrogen) atoms. The summed E-state index contributed by atoms with van der Waals surface area (Å²) in [6, 6.07) is 0.434. The van der Waals surface area contributed by atoms with Crippen LogP contribution in [0.5, 0.6) is 0 Å². The van der Waals surface area contributed by atoms with Crippen molar-refractivity contribution < 1.29 is 9.90 Å². The van der Waals surface area contributed by atoms with Crippen molar-refractivity contribution in [2.24, 2.45) is 0 Å². The zero-order valence-electron chi connectivity index (χ0n) is 10.8. The van der Waals surface area contributed by atoms with Gasteiger partial charge in [0, 0.05) is 32.2 Å². The number of hydrogen-bond acceptors (Lipinski definition) is 4. The minimum absolute atomic E-state index is 0.142. The van der Waals surface area contributed by atoms with E-state index >= 15 is 0 Å². The first-order chi connectivity index (χ1) is 8.03. The van der Waals surface area contributed by atoms with Crippen LogP contribution in [0.15, 0.2) is 0 Å². The zero-order valence-corrected chi connectivity index (χ0v) is 10.8. The first kappa shape index (κ1) is 12.8. The van der Waals surface area contributed by atoms with Crippen LogP contribution in [0.4, 0.5) is 0 Å². The van der Waals surface area contributed by atoms with Crippen molar-refractivity contribution in [2.45, 2.75) is 31.3 Å². The molecule has 0 aromatic heterocycles. The van der Waals surface area contributed by atoms with Crippen LogP contribution in [-0.4, -0.2) is 72.2 Å². The molecule has 1 unspecified atom stereocenters. The average Bonchev–Trinajstić information content (AvgIpc) is 2.33. The van der Waals surface area contributed by atoms with Crippen molar-refractivity contribution in [3.05, 3.63) is 0 Å². The van der Waals surface area contributed by atoms with Crippen LogP contribution in [0.3, 0.4) is 0 Å².